The predicted octanol–water partition coefficient (Wildman–Crippen LogP) is 9.79. The smallest absolute Gasteiger partial charge is 0.154 e. The van der Waals surface area contributed by atoms with Crippen LogP contribution in [0.25, 0.3) is 53.6 Å². The number of hydrogen-bond acceptors (Lipinski definition) is 2. The van der Waals surface area contributed by atoms with E-state index in [0.29, 0.717) is 5.84 Å². The summed E-state index contributed by atoms with van der Waals surface area (Å²) in [6, 6.07) is 50.1. The number of thiophene rings is 1. The monoisotopic (exact) mass is 557 g/mol. The summed E-state index contributed by atoms with van der Waals surface area (Å²) >= 11 is 1.75. The number of amidine groups is 2. The summed E-state index contributed by atoms with van der Waals surface area (Å²) < 4.78 is 2.34. The van der Waals surface area contributed by atoms with Crippen LogP contribution in [0.5, 0.6) is 0 Å². The fourth-order valence-corrected chi connectivity index (χ4v) is 6.64. The lowest BCUT2D eigenvalue weighted by Gasteiger charge is -2.12. The number of fused-ring (bicyclic) bond motifs is 3. The van der Waals surface area contributed by atoms with E-state index in [1.54, 1.807) is 11.3 Å². The van der Waals surface area contributed by atoms with Gasteiger partial charge in [-0.15, -0.1) is 11.3 Å². The molecule has 0 bridgehead atoms. The molecule has 0 atom stereocenters. The highest BCUT2D eigenvalue weighted by Crippen LogP contribution is 2.39. The Bertz CT molecular complexity index is 2110. The van der Waals surface area contributed by atoms with E-state index in [4.69, 9.17) is 11.1 Å². The van der Waals surface area contributed by atoms with Gasteiger partial charge in [0.15, 0.2) is 5.84 Å². The molecule has 0 aliphatic carbocycles. The fraction of sp³-hybridized carbons (Fsp3) is 0. The Morgan fingerprint density at radius 3 is 1.95 bits per heavy atom. The summed E-state index contributed by atoms with van der Waals surface area (Å²) in [7, 11) is 0. The molecule has 0 unspecified atom stereocenters. The Hall–Kier alpha value is -5.32. The highest BCUT2D eigenvalue weighted by Gasteiger charge is 2.14. The van der Waals surface area contributed by atoms with E-state index in [1.165, 1.54) is 27.0 Å². The molecule has 6 aromatic carbocycles. The summed E-state index contributed by atoms with van der Waals surface area (Å²) in [6.07, 6.45) is 0. The van der Waals surface area contributed by atoms with E-state index >= 15 is 0 Å². The SMILES string of the molecule is N=C(N=C(N)c1cccc2sc3ccc(-c4cccc(-c5ccccc5-c5ccccc5)c4)cc3c12)c1ccccc1. The van der Waals surface area contributed by atoms with E-state index < -0.39 is 0 Å². The first-order valence-corrected chi connectivity index (χ1v) is 14.7. The van der Waals surface area contributed by atoms with Gasteiger partial charge in [0.1, 0.15) is 5.84 Å². The summed E-state index contributed by atoms with van der Waals surface area (Å²) in [5, 5.41) is 10.7. The molecule has 4 heteroatoms. The summed E-state index contributed by atoms with van der Waals surface area (Å²) in [4.78, 5) is 4.50. The molecule has 200 valence electrons. The minimum atomic E-state index is 0.151. The summed E-state index contributed by atoms with van der Waals surface area (Å²) in [5.74, 6) is 0.497. The van der Waals surface area contributed by atoms with Crippen LogP contribution in [0.4, 0.5) is 0 Å². The second kappa shape index (κ2) is 10.9. The van der Waals surface area contributed by atoms with Gasteiger partial charge >= 0.3 is 0 Å². The molecule has 0 saturated heterocycles. The maximum Gasteiger partial charge on any atom is 0.154 e. The van der Waals surface area contributed by atoms with Crippen molar-refractivity contribution in [3.05, 3.63) is 157 Å². The lowest BCUT2D eigenvalue weighted by atomic mass is 9.92. The number of rotatable bonds is 5. The Kier molecular flexibility index (Phi) is 6.67. The van der Waals surface area contributed by atoms with Crippen molar-refractivity contribution < 1.29 is 0 Å². The quantitative estimate of drug-likeness (QED) is 0.161. The van der Waals surface area contributed by atoms with Crippen molar-refractivity contribution in [3.8, 4) is 33.4 Å². The average molecular weight is 558 g/mol. The third-order valence-electron chi connectivity index (χ3n) is 7.57. The molecular weight excluding hydrogens is 531 g/mol. The molecule has 0 amide bonds. The zero-order chi connectivity index (χ0) is 28.5. The molecule has 7 rings (SSSR count). The van der Waals surface area contributed by atoms with Crippen LogP contribution in [-0.2, 0) is 0 Å². The number of nitrogens with zero attached hydrogens (tertiary/aromatic N) is 1. The van der Waals surface area contributed by atoms with Crippen LogP contribution >= 0.6 is 11.3 Å². The van der Waals surface area contributed by atoms with Crippen LogP contribution in [-0.4, -0.2) is 11.7 Å². The van der Waals surface area contributed by atoms with Crippen molar-refractivity contribution >= 4 is 43.2 Å². The largest absolute Gasteiger partial charge is 0.383 e. The second-order valence-corrected chi connectivity index (χ2v) is 11.3. The van der Waals surface area contributed by atoms with E-state index in [2.05, 4.69) is 108 Å². The molecule has 1 aromatic heterocycles. The number of nitrogens with two attached hydrogens (primary N) is 1. The predicted molar refractivity (Wildman–Crippen MR) is 180 cm³/mol. The van der Waals surface area contributed by atoms with Gasteiger partial charge in [-0.05, 0) is 57.6 Å². The van der Waals surface area contributed by atoms with E-state index in [9.17, 15) is 0 Å². The van der Waals surface area contributed by atoms with Gasteiger partial charge in [0, 0.05) is 31.3 Å². The van der Waals surface area contributed by atoms with Crippen molar-refractivity contribution in [2.24, 2.45) is 10.7 Å². The molecule has 3 nitrogen and oxygen atoms in total. The van der Waals surface area contributed by atoms with Gasteiger partial charge in [-0.1, -0.05) is 121 Å². The number of hydrogen-bond donors (Lipinski definition) is 2. The third-order valence-corrected chi connectivity index (χ3v) is 8.71. The molecule has 0 radical (unpaired) electrons. The molecule has 3 N–H and O–H groups in total. The first-order valence-electron chi connectivity index (χ1n) is 13.8. The van der Waals surface area contributed by atoms with Gasteiger partial charge in [0.2, 0.25) is 0 Å². The first kappa shape index (κ1) is 25.6. The van der Waals surface area contributed by atoms with Gasteiger partial charge in [-0.25, -0.2) is 4.99 Å². The molecular formula is C38H27N3S. The summed E-state index contributed by atoms with van der Waals surface area (Å²) in [5.41, 5.74) is 15.2. The van der Waals surface area contributed by atoms with Gasteiger partial charge in [-0.3, -0.25) is 5.41 Å². The lowest BCUT2D eigenvalue weighted by molar-refractivity contribution is 1.40. The molecule has 0 aliphatic heterocycles. The Labute approximate surface area is 248 Å². The summed E-state index contributed by atoms with van der Waals surface area (Å²) in [6.45, 7) is 0. The minimum Gasteiger partial charge on any atom is -0.383 e. The number of nitrogens with one attached hydrogen (secondary N) is 1. The highest BCUT2D eigenvalue weighted by molar-refractivity contribution is 7.25. The van der Waals surface area contributed by atoms with E-state index in [1.807, 2.05) is 42.5 Å². The van der Waals surface area contributed by atoms with Crippen molar-refractivity contribution in [1.29, 1.82) is 5.41 Å². The molecule has 0 fully saturated rings. The normalized spacial score (nSPS) is 11.7. The van der Waals surface area contributed by atoms with Crippen LogP contribution in [0.2, 0.25) is 0 Å². The Balaban J connectivity index is 1.32. The molecule has 0 spiro atoms. The van der Waals surface area contributed by atoms with Crippen molar-refractivity contribution in [2.45, 2.75) is 0 Å². The van der Waals surface area contributed by atoms with Crippen molar-refractivity contribution in [1.82, 2.24) is 0 Å². The molecule has 7 aromatic rings. The van der Waals surface area contributed by atoms with Gasteiger partial charge < -0.3 is 5.73 Å². The third kappa shape index (κ3) is 4.78. The van der Waals surface area contributed by atoms with Gasteiger partial charge in [0.25, 0.3) is 0 Å². The molecule has 42 heavy (non-hydrogen) atoms. The number of benzene rings is 6. The highest BCUT2D eigenvalue weighted by atomic mass is 32.1. The van der Waals surface area contributed by atoms with Crippen LogP contribution in [0.1, 0.15) is 11.1 Å². The Morgan fingerprint density at radius 2 is 1.17 bits per heavy atom. The second-order valence-electron chi connectivity index (χ2n) is 10.2. The van der Waals surface area contributed by atoms with Gasteiger partial charge in [-0.2, -0.15) is 0 Å². The van der Waals surface area contributed by atoms with E-state index in [-0.39, 0.29) is 5.84 Å². The number of aliphatic imine (C=N–C) groups is 1. The lowest BCUT2D eigenvalue weighted by Crippen LogP contribution is -2.16. The van der Waals surface area contributed by atoms with Crippen LogP contribution < -0.4 is 5.73 Å². The average Bonchev–Trinajstić information content (AvgIpc) is 3.44. The van der Waals surface area contributed by atoms with Crippen LogP contribution in [0.3, 0.4) is 0 Å². The maximum absolute atomic E-state index is 8.49. The Morgan fingerprint density at radius 1 is 0.548 bits per heavy atom. The van der Waals surface area contributed by atoms with Crippen LogP contribution in [0.15, 0.2) is 151 Å². The first-order chi connectivity index (χ1) is 20.7. The zero-order valence-corrected chi connectivity index (χ0v) is 23.6. The molecule has 0 saturated carbocycles. The zero-order valence-electron chi connectivity index (χ0n) is 22.8. The standard InChI is InChI=1S/C38H27N3S/c39-37(26-13-5-2-6-14-26)41-38(40)32-19-10-20-35-36(32)33-24-28(21-22-34(33)42-35)27-15-9-16-29(23-27)31-18-8-7-17-30(31)25-11-3-1-4-12-25/h1-24H,(H3,39,40,41). The van der Waals surface area contributed by atoms with E-state index in [0.717, 1.165) is 37.7 Å². The van der Waals surface area contributed by atoms with Crippen molar-refractivity contribution in [3.63, 3.8) is 0 Å². The minimum absolute atomic E-state index is 0.151. The molecule has 0 aliphatic rings. The molecule has 1 heterocycles. The topological polar surface area (TPSA) is 62.2 Å². The van der Waals surface area contributed by atoms with Gasteiger partial charge in [0.05, 0.1) is 0 Å². The maximum atomic E-state index is 8.49. The van der Waals surface area contributed by atoms with Crippen molar-refractivity contribution in [2.75, 3.05) is 0 Å². The van der Waals surface area contributed by atoms with Crippen LogP contribution in [0, 0.1) is 5.41 Å². The fourth-order valence-electron chi connectivity index (χ4n) is 5.53.